The van der Waals surface area contributed by atoms with E-state index in [1.54, 1.807) is 7.11 Å². The van der Waals surface area contributed by atoms with Gasteiger partial charge in [0.15, 0.2) is 0 Å². The molecular formula is C24H20O2. The molecule has 0 saturated carbocycles. The summed E-state index contributed by atoms with van der Waals surface area (Å²) in [4.78, 5) is 0. The Morgan fingerprint density at radius 1 is 0.885 bits per heavy atom. The van der Waals surface area contributed by atoms with Crippen molar-refractivity contribution in [2.75, 3.05) is 7.11 Å². The molecule has 0 unspecified atom stereocenters. The van der Waals surface area contributed by atoms with Crippen LogP contribution in [0.3, 0.4) is 0 Å². The Bertz CT molecular complexity index is 1030. The molecule has 4 aromatic rings. The van der Waals surface area contributed by atoms with Gasteiger partial charge < -0.3 is 9.15 Å². The Labute approximate surface area is 153 Å². The maximum absolute atomic E-state index is 6.20. The average molecular weight is 340 g/mol. The van der Waals surface area contributed by atoms with Crippen molar-refractivity contribution in [2.45, 2.75) is 6.42 Å². The molecule has 4 rings (SSSR count). The van der Waals surface area contributed by atoms with Crippen LogP contribution in [0.25, 0.3) is 28.4 Å². The maximum atomic E-state index is 6.20. The lowest BCUT2D eigenvalue weighted by Gasteiger charge is -2.02. The Hall–Kier alpha value is -3.26. The molecule has 0 spiro atoms. The third-order valence-corrected chi connectivity index (χ3v) is 4.47. The molecule has 0 bridgehead atoms. The third-order valence-electron chi connectivity index (χ3n) is 4.47. The number of benzene rings is 3. The molecule has 0 saturated heterocycles. The molecule has 0 aliphatic carbocycles. The van der Waals surface area contributed by atoms with Gasteiger partial charge in [-0.2, -0.15) is 0 Å². The summed E-state index contributed by atoms with van der Waals surface area (Å²) in [5.41, 5.74) is 4.34. The van der Waals surface area contributed by atoms with E-state index in [-0.39, 0.29) is 0 Å². The Morgan fingerprint density at radius 2 is 1.62 bits per heavy atom. The smallest absolute Gasteiger partial charge is 0.138 e. The molecule has 128 valence electrons. The summed E-state index contributed by atoms with van der Waals surface area (Å²) in [6.07, 6.45) is 5.12. The van der Waals surface area contributed by atoms with Gasteiger partial charge in [-0.15, -0.1) is 0 Å². The lowest BCUT2D eigenvalue weighted by molar-refractivity contribution is 0.415. The van der Waals surface area contributed by atoms with E-state index in [1.807, 2.05) is 48.5 Å². The topological polar surface area (TPSA) is 22.4 Å². The standard InChI is InChI=1S/C24H20O2/c1-25-20-15-16-23-22(17-20)21(14-8-11-18-9-4-2-5-10-18)24(26-23)19-12-6-3-7-13-19/h2-13,15-17H,14H2,1H3/b11-8+. The van der Waals surface area contributed by atoms with Crippen molar-refractivity contribution in [3.05, 3.63) is 96.1 Å². The second kappa shape index (κ2) is 7.32. The van der Waals surface area contributed by atoms with Crippen molar-refractivity contribution >= 4 is 17.0 Å². The first-order valence-corrected chi connectivity index (χ1v) is 8.71. The van der Waals surface area contributed by atoms with Gasteiger partial charge in [0.05, 0.1) is 7.11 Å². The summed E-state index contributed by atoms with van der Waals surface area (Å²) in [6, 6.07) is 26.5. The molecule has 2 heteroatoms. The number of hydrogen-bond donors (Lipinski definition) is 0. The van der Waals surface area contributed by atoms with E-state index >= 15 is 0 Å². The number of fused-ring (bicyclic) bond motifs is 1. The van der Waals surface area contributed by atoms with E-state index in [4.69, 9.17) is 9.15 Å². The van der Waals surface area contributed by atoms with Crippen LogP contribution in [0.15, 0.2) is 89.4 Å². The monoisotopic (exact) mass is 340 g/mol. The molecule has 26 heavy (non-hydrogen) atoms. The van der Waals surface area contributed by atoms with Crippen molar-refractivity contribution in [3.63, 3.8) is 0 Å². The molecule has 3 aromatic carbocycles. The van der Waals surface area contributed by atoms with E-state index in [2.05, 4.69) is 42.5 Å². The fourth-order valence-electron chi connectivity index (χ4n) is 3.16. The molecule has 0 N–H and O–H groups in total. The summed E-state index contributed by atoms with van der Waals surface area (Å²) in [5, 5.41) is 1.10. The van der Waals surface area contributed by atoms with Crippen LogP contribution in [-0.4, -0.2) is 7.11 Å². The number of rotatable bonds is 5. The van der Waals surface area contributed by atoms with Crippen LogP contribution >= 0.6 is 0 Å². The van der Waals surface area contributed by atoms with E-state index in [9.17, 15) is 0 Å². The minimum atomic E-state index is 0.791. The van der Waals surface area contributed by atoms with Crippen molar-refractivity contribution in [2.24, 2.45) is 0 Å². The molecular weight excluding hydrogens is 320 g/mol. The lowest BCUT2D eigenvalue weighted by Crippen LogP contribution is -1.86. The number of allylic oxidation sites excluding steroid dienone is 1. The Kier molecular flexibility index (Phi) is 4.57. The van der Waals surface area contributed by atoms with Gasteiger partial charge in [-0.1, -0.05) is 72.8 Å². The van der Waals surface area contributed by atoms with E-state index in [0.29, 0.717) is 0 Å². The van der Waals surface area contributed by atoms with Gasteiger partial charge in [0, 0.05) is 16.5 Å². The molecule has 0 amide bonds. The van der Waals surface area contributed by atoms with Gasteiger partial charge in [0.2, 0.25) is 0 Å². The fraction of sp³-hybridized carbons (Fsp3) is 0.0833. The van der Waals surface area contributed by atoms with Gasteiger partial charge >= 0.3 is 0 Å². The highest BCUT2D eigenvalue weighted by Gasteiger charge is 2.15. The second-order valence-electron chi connectivity index (χ2n) is 6.16. The number of hydrogen-bond acceptors (Lipinski definition) is 2. The van der Waals surface area contributed by atoms with Crippen LogP contribution in [0.5, 0.6) is 5.75 Å². The van der Waals surface area contributed by atoms with Crippen molar-refractivity contribution in [3.8, 4) is 17.1 Å². The highest BCUT2D eigenvalue weighted by molar-refractivity contribution is 5.89. The van der Waals surface area contributed by atoms with Gasteiger partial charge in [-0.25, -0.2) is 0 Å². The van der Waals surface area contributed by atoms with Crippen LogP contribution < -0.4 is 4.74 Å². The Balaban J connectivity index is 1.78. The molecule has 0 radical (unpaired) electrons. The summed E-state index contributed by atoms with van der Waals surface area (Å²) in [7, 11) is 1.69. The number of furan rings is 1. The zero-order valence-electron chi connectivity index (χ0n) is 14.7. The van der Waals surface area contributed by atoms with Crippen LogP contribution in [0.2, 0.25) is 0 Å². The molecule has 1 aromatic heterocycles. The quantitative estimate of drug-likeness (QED) is 0.421. The van der Waals surface area contributed by atoms with Gasteiger partial charge in [0.25, 0.3) is 0 Å². The second-order valence-corrected chi connectivity index (χ2v) is 6.16. The van der Waals surface area contributed by atoms with E-state index in [1.165, 1.54) is 11.1 Å². The molecule has 0 aliphatic heterocycles. The lowest BCUT2D eigenvalue weighted by atomic mass is 10.0. The van der Waals surface area contributed by atoms with Gasteiger partial charge in [0.1, 0.15) is 17.1 Å². The fourth-order valence-corrected chi connectivity index (χ4v) is 3.16. The average Bonchev–Trinajstić information content (AvgIpc) is 3.07. The molecule has 0 aliphatic rings. The van der Waals surface area contributed by atoms with Crippen LogP contribution in [-0.2, 0) is 6.42 Å². The summed E-state index contributed by atoms with van der Waals surface area (Å²) in [5.74, 6) is 1.76. The van der Waals surface area contributed by atoms with Crippen molar-refractivity contribution in [1.82, 2.24) is 0 Å². The normalized spacial score (nSPS) is 11.3. The minimum Gasteiger partial charge on any atom is -0.497 e. The summed E-state index contributed by atoms with van der Waals surface area (Å²) < 4.78 is 11.6. The Morgan fingerprint density at radius 3 is 2.35 bits per heavy atom. The van der Waals surface area contributed by atoms with Crippen LogP contribution in [0.1, 0.15) is 11.1 Å². The van der Waals surface area contributed by atoms with Crippen molar-refractivity contribution in [1.29, 1.82) is 0 Å². The zero-order chi connectivity index (χ0) is 17.8. The van der Waals surface area contributed by atoms with Gasteiger partial charge in [-0.3, -0.25) is 0 Å². The first-order chi connectivity index (χ1) is 12.8. The first-order valence-electron chi connectivity index (χ1n) is 8.71. The summed E-state index contributed by atoms with van der Waals surface area (Å²) >= 11 is 0. The molecule has 1 heterocycles. The zero-order valence-corrected chi connectivity index (χ0v) is 14.7. The highest BCUT2D eigenvalue weighted by Crippen LogP contribution is 2.36. The molecule has 2 nitrogen and oxygen atoms in total. The SMILES string of the molecule is COc1ccc2oc(-c3ccccc3)c(C/C=C/c3ccccc3)c2c1. The molecule has 0 atom stereocenters. The number of ether oxygens (including phenoxy) is 1. The van der Waals surface area contributed by atoms with Crippen LogP contribution in [0, 0.1) is 0 Å². The van der Waals surface area contributed by atoms with Gasteiger partial charge in [-0.05, 0) is 30.2 Å². The highest BCUT2D eigenvalue weighted by atomic mass is 16.5. The van der Waals surface area contributed by atoms with E-state index in [0.717, 1.165) is 34.5 Å². The largest absolute Gasteiger partial charge is 0.497 e. The predicted molar refractivity (Wildman–Crippen MR) is 107 cm³/mol. The summed E-state index contributed by atoms with van der Waals surface area (Å²) in [6.45, 7) is 0. The first kappa shape index (κ1) is 16.2. The number of methoxy groups -OCH3 is 1. The van der Waals surface area contributed by atoms with Crippen LogP contribution in [0.4, 0.5) is 0 Å². The third kappa shape index (κ3) is 3.27. The maximum Gasteiger partial charge on any atom is 0.138 e. The van der Waals surface area contributed by atoms with Crippen molar-refractivity contribution < 1.29 is 9.15 Å². The molecule has 0 fully saturated rings. The van der Waals surface area contributed by atoms with E-state index < -0.39 is 0 Å². The predicted octanol–water partition coefficient (Wildman–Crippen LogP) is 6.36. The minimum absolute atomic E-state index is 0.791.